The van der Waals surface area contributed by atoms with Gasteiger partial charge in [0, 0.05) is 18.4 Å². The number of hydrogen-bond donors (Lipinski definition) is 0. The van der Waals surface area contributed by atoms with Gasteiger partial charge < -0.3 is 4.90 Å². The van der Waals surface area contributed by atoms with Crippen molar-refractivity contribution >= 4 is 35.2 Å². The predicted molar refractivity (Wildman–Crippen MR) is 167 cm³/mol. The Kier molecular flexibility index (Phi) is 8.29. The van der Waals surface area contributed by atoms with Crippen LogP contribution in [0, 0.1) is 6.92 Å². The summed E-state index contributed by atoms with van der Waals surface area (Å²) in [5.74, 6) is 0. The van der Waals surface area contributed by atoms with Crippen molar-refractivity contribution in [2.24, 2.45) is 0 Å². The molecule has 0 bridgehead atoms. The minimum absolute atomic E-state index is 0.770. The van der Waals surface area contributed by atoms with Gasteiger partial charge in [0.1, 0.15) is 0 Å². The number of allylic oxidation sites excluding steroid dienone is 2. The minimum Gasteiger partial charge on any atom is -0.344 e. The topological polar surface area (TPSA) is 3.24 Å². The second-order valence-electron chi connectivity index (χ2n) is 9.24. The lowest BCUT2D eigenvalue weighted by atomic mass is 10.1. The minimum atomic E-state index is -0.770. The molecule has 5 aromatic rings. The van der Waals surface area contributed by atoms with E-state index in [1.54, 1.807) is 0 Å². The Morgan fingerprint density at radius 1 is 0.526 bits per heavy atom. The van der Waals surface area contributed by atoms with E-state index in [0.29, 0.717) is 0 Å². The third kappa shape index (κ3) is 6.02. The van der Waals surface area contributed by atoms with Gasteiger partial charge in [0.15, 0.2) is 0 Å². The van der Waals surface area contributed by atoms with Crippen LogP contribution in [0.15, 0.2) is 158 Å². The lowest BCUT2D eigenvalue weighted by Gasteiger charge is -2.25. The predicted octanol–water partition coefficient (Wildman–Crippen LogP) is 8.65. The second kappa shape index (κ2) is 12.4. The molecule has 0 aliphatic rings. The maximum atomic E-state index is 2.34. The van der Waals surface area contributed by atoms with Crippen LogP contribution in [0.5, 0.6) is 0 Å². The van der Waals surface area contributed by atoms with Crippen LogP contribution in [-0.4, -0.2) is 7.05 Å². The lowest BCUT2D eigenvalue weighted by molar-refractivity contribution is 1.21. The van der Waals surface area contributed by atoms with Crippen LogP contribution in [0.1, 0.15) is 16.7 Å². The highest BCUT2D eigenvalue weighted by atomic mass is 31.1. The molecule has 186 valence electrons. The van der Waals surface area contributed by atoms with E-state index in [1.165, 1.54) is 32.6 Å². The van der Waals surface area contributed by atoms with Crippen LogP contribution in [0.2, 0.25) is 0 Å². The Balaban J connectivity index is 1.70. The zero-order chi connectivity index (χ0) is 26.2. The van der Waals surface area contributed by atoms with E-state index in [1.807, 2.05) is 0 Å². The number of hydrogen-bond acceptors (Lipinski definition) is 1. The van der Waals surface area contributed by atoms with Gasteiger partial charge in [-0.15, -0.1) is 0 Å². The molecule has 1 nitrogen and oxygen atoms in total. The van der Waals surface area contributed by atoms with Gasteiger partial charge in [-0.25, -0.2) is 0 Å². The van der Waals surface area contributed by atoms with E-state index >= 15 is 0 Å². The summed E-state index contributed by atoms with van der Waals surface area (Å²) in [6.07, 6.45) is 4.63. The van der Waals surface area contributed by atoms with E-state index in [0.717, 1.165) is 11.4 Å². The Labute approximate surface area is 228 Å². The third-order valence-electron chi connectivity index (χ3n) is 6.59. The zero-order valence-electron chi connectivity index (χ0n) is 21.9. The molecule has 0 heterocycles. The zero-order valence-corrected chi connectivity index (χ0v) is 22.8. The number of benzene rings is 5. The first kappa shape index (κ1) is 25.5. The summed E-state index contributed by atoms with van der Waals surface area (Å²) in [6, 6.07) is 52.0. The summed E-state index contributed by atoms with van der Waals surface area (Å²) in [6.45, 7) is 2.13. The average Bonchev–Trinajstić information content (AvgIpc) is 2.99. The van der Waals surface area contributed by atoms with E-state index in [9.17, 15) is 0 Å². The molecule has 0 saturated carbocycles. The van der Waals surface area contributed by atoms with Crippen molar-refractivity contribution in [1.82, 2.24) is 0 Å². The molecule has 0 aliphatic heterocycles. The van der Waals surface area contributed by atoms with Gasteiger partial charge in [-0.1, -0.05) is 145 Å². The quantitative estimate of drug-likeness (QED) is 0.149. The molecule has 0 fully saturated rings. The average molecular weight is 510 g/mol. The second-order valence-corrected chi connectivity index (χ2v) is 11.4. The van der Waals surface area contributed by atoms with Crippen molar-refractivity contribution in [1.29, 1.82) is 0 Å². The highest BCUT2D eigenvalue weighted by Crippen LogP contribution is 2.49. The molecule has 0 radical (unpaired) electrons. The van der Waals surface area contributed by atoms with Crippen molar-refractivity contribution in [2.75, 3.05) is 11.9 Å². The van der Waals surface area contributed by atoms with Crippen molar-refractivity contribution in [3.05, 3.63) is 174 Å². The summed E-state index contributed by atoms with van der Waals surface area (Å²) in [5, 5.41) is 4.00. The maximum Gasteiger partial charge on any atom is 0.0481 e. The Morgan fingerprint density at radius 2 is 0.974 bits per heavy atom. The molecule has 0 spiro atoms. The van der Waals surface area contributed by atoms with Gasteiger partial charge in [0.2, 0.25) is 0 Å². The summed E-state index contributed by atoms with van der Waals surface area (Å²) < 4.78 is 0. The lowest BCUT2D eigenvalue weighted by Crippen LogP contribution is -2.15. The van der Waals surface area contributed by atoms with E-state index in [4.69, 9.17) is 0 Å². The number of anilines is 1. The fourth-order valence-corrected chi connectivity index (χ4v) is 6.99. The Hall–Kier alpha value is -4.19. The van der Waals surface area contributed by atoms with Crippen molar-refractivity contribution < 1.29 is 0 Å². The van der Waals surface area contributed by atoms with Gasteiger partial charge in [-0.3, -0.25) is 0 Å². The summed E-state index contributed by atoms with van der Waals surface area (Å²) >= 11 is 0. The van der Waals surface area contributed by atoms with Gasteiger partial charge in [-0.05, 0) is 60.1 Å². The van der Waals surface area contributed by atoms with E-state index < -0.39 is 7.92 Å². The van der Waals surface area contributed by atoms with Crippen molar-refractivity contribution in [3.8, 4) is 0 Å². The maximum absolute atomic E-state index is 2.34. The highest BCUT2D eigenvalue weighted by Gasteiger charge is 2.20. The fraction of sp³-hybridized carbons (Fsp3) is 0.0556. The molecule has 0 amide bonds. The molecule has 0 N–H and O–H groups in total. The molecular formula is C36H32NP. The van der Waals surface area contributed by atoms with Crippen LogP contribution < -0.4 is 15.5 Å². The van der Waals surface area contributed by atoms with Crippen LogP contribution in [0.25, 0.3) is 11.0 Å². The van der Waals surface area contributed by atoms with Gasteiger partial charge in [0.25, 0.3) is 0 Å². The van der Waals surface area contributed by atoms with E-state index in [2.05, 4.69) is 177 Å². The number of rotatable bonds is 8. The first-order valence-corrected chi connectivity index (χ1v) is 14.3. The van der Waals surface area contributed by atoms with Gasteiger partial charge in [0.05, 0.1) is 0 Å². The first-order chi connectivity index (χ1) is 18.7. The monoisotopic (exact) mass is 509 g/mol. The van der Waals surface area contributed by atoms with Crippen molar-refractivity contribution in [3.63, 3.8) is 0 Å². The summed E-state index contributed by atoms with van der Waals surface area (Å²) in [4.78, 5) is 2.28. The molecular weight excluding hydrogens is 477 g/mol. The van der Waals surface area contributed by atoms with Crippen LogP contribution in [0.3, 0.4) is 0 Å². The van der Waals surface area contributed by atoms with Crippen molar-refractivity contribution in [2.45, 2.75) is 6.92 Å². The van der Waals surface area contributed by atoms with Crippen LogP contribution in [-0.2, 0) is 0 Å². The Bertz CT molecular complexity index is 1450. The molecule has 0 unspecified atom stereocenters. The molecule has 2 heteroatoms. The van der Waals surface area contributed by atoms with Crippen LogP contribution in [0.4, 0.5) is 5.69 Å². The molecule has 5 aromatic carbocycles. The summed E-state index contributed by atoms with van der Waals surface area (Å²) in [7, 11) is 1.38. The van der Waals surface area contributed by atoms with Crippen LogP contribution >= 0.6 is 7.92 Å². The summed E-state index contributed by atoms with van der Waals surface area (Å²) in [5.41, 5.74) is 6.00. The fourth-order valence-electron chi connectivity index (χ4n) is 4.57. The SMILES string of the molecule is Cc1ccc(N(C)/C(=C/C=C(\c2ccccc2)P(c2ccccc2)c2ccccc2)c2ccccc2)cc1. The van der Waals surface area contributed by atoms with E-state index in [-0.39, 0.29) is 0 Å². The Morgan fingerprint density at radius 3 is 1.47 bits per heavy atom. The molecule has 38 heavy (non-hydrogen) atoms. The van der Waals surface area contributed by atoms with Gasteiger partial charge >= 0.3 is 0 Å². The normalized spacial score (nSPS) is 12.0. The first-order valence-electron chi connectivity index (χ1n) is 12.9. The molecule has 0 atom stereocenters. The standard InChI is InChI=1S/C36H32NP/c1-29-23-25-32(26-24-29)37(2)35(30-15-7-3-8-16-30)27-28-36(31-17-9-4-10-18-31)38(33-19-11-5-12-20-33)34-21-13-6-14-22-34/h3-28H,1-2H3/b35-27+,36-28+. The number of nitrogens with zero attached hydrogens (tertiary/aromatic N) is 1. The van der Waals surface area contributed by atoms with Gasteiger partial charge in [-0.2, -0.15) is 0 Å². The largest absolute Gasteiger partial charge is 0.344 e. The molecule has 5 rings (SSSR count). The smallest absolute Gasteiger partial charge is 0.0481 e. The molecule has 0 saturated heterocycles. The third-order valence-corrected chi connectivity index (χ3v) is 9.11. The molecule has 0 aromatic heterocycles. The molecule has 0 aliphatic carbocycles. The highest BCUT2D eigenvalue weighted by molar-refractivity contribution is 7.82. The number of aryl methyl sites for hydroxylation is 1.